The predicted octanol–water partition coefficient (Wildman–Crippen LogP) is 2.16. The number of hydrogen-bond donors (Lipinski definition) is 1. The van der Waals surface area contributed by atoms with E-state index in [2.05, 4.69) is 0 Å². The summed E-state index contributed by atoms with van der Waals surface area (Å²) in [6.07, 6.45) is 0. The maximum absolute atomic E-state index is 9.15. The maximum atomic E-state index is 9.15. The monoisotopic (exact) mass is 216 g/mol. The van der Waals surface area contributed by atoms with Crippen molar-refractivity contribution in [1.29, 1.82) is 0 Å². The Morgan fingerprint density at radius 2 is 2.00 bits per heavy atom. The number of aliphatic hydroxyl groups excluding tert-OH is 1. The van der Waals surface area contributed by atoms with Crippen LogP contribution in [-0.2, 0) is 6.61 Å². The second-order valence-corrected chi connectivity index (χ2v) is 3.26. The lowest BCUT2D eigenvalue weighted by Gasteiger charge is -2.14. The zero-order valence-electron chi connectivity index (χ0n) is 8.43. The summed E-state index contributed by atoms with van der Waals surface area (Å²) in [6.45, 7) is 1.68. The van der Waals surface area contributed by atoms with E-state index < -0.39 is 0 Å². The van der Waals surface area contributed by atoms with Crippen molar-refractivity contribution in [1.82, 2.24) is 0 Å². The molecular formula is C10H13ClO3. The summed E-state index contributed by atoms with van der Waals surface area (Å²) in [5.41, 5.74) is 1.42. The largest absolute Gasteiger partial charge is 0.493 e. The van der Waals surface area contributed by atoms with E-state index >= 15 is 0 Å². The Bertz CT molecular complexity index is 337. The summed E-state index contributed by atoms with van der Waals surface area (Å²) in [5, 5.41) is 9.67. The van der Waals surface area contributed by atoms with Gasteiger partial charge in [-0.25, -0.2) is 0 Å². The van der Waals surface area contributed by atoms with Gasteiger partial charge in [0.2, 0.25) is 0 Å². The van der Waals surface area contributed by atoms with Crippen LogP contribution in [0.4, 0.5) is 0 Å². The standard InChI is InChI=1S/C10H13ClO3/c1-6-4-8(13-2)10(14-3)7(5-12)9(6)11/h4,12H,5H2,1-3H3. The van der Waals surface area contributed by atoms with Crippen molar-refractivity contribution in [2.75, 3.05) is 14.2 Å². The maximum Gasteiger partial charge on any atom is 0.167 e. The van der Waals surface area contributed by atoms with E-state index in [4.69, 9.17) is 26.2 Å². The Morgan fingerprint density at radius 1 is 1.36 bits per heavy atom. The van der Waals surface area contributed by atoms with Gasteiger partial charge in [0.25, 0.3) is 0 Å². The van der Waals surface area contributed by atoms with Crippen LogP contribution in [0.15, 0.2) is 6.07 Å². The Balaban J connectivity index is 3.42. The minimum Gasteiger partial charge on any atom is -0.493 e. The van der Waals surface area contributed by atoms with Crippen molar-refractivity contribution in [3.8, 4) is 11.5 Å². The van der Waals surface area contributed by atoms with Crippen molar-refractivity contribution in [2.45, 2.75) is 13.5 Å². The highest BCUT2D eigenvalue weighted by Gasteiger charge is 2.15. The highest BCUT2D eigenvalue weighted by molar-refractivity contribution is 6.32. The van der Waals surface area contributed by atoms with Crippen LogP contribution in [0.25, 0.3) is 0 Å². The summed E-state index contributed by atoms with van der Waals surface area (Å²) in [7, 11) is 3.06. The molecule has 0 saturated carbocycles. The fourth-order valence-corrected chi connectivity index (χ4v) is 1.53. The van der Waals surface area contributed by atoms with Crippen molar-refractivity contribution < 1.29 is 14.6 Å². The van der Waals surface area contributed by atoms with Gasteiger partial charge in [0, 0.05) is 5.56 Å². The van der Waals surface area contributed by atoms with E-state index in [1.54, 1.807) is 13.2 Å². The summed E-state index contributed by atoms with van der Waals surface area (Å²) in [6, 6.07) is 1.78. The molecule has 0 aliphatic carbocycles. The number of benzene rings is 1. The second-order valence-electron chi connectivity index (χ2n) is 2.88. The zero-order valence-corrected chi connectivity index (χ0v) is 9.18. The van der Waals surface area contributed by atoms with Crippen LogP contribution in [0.2, 0.25) is 5.02 Å². The number of methoxy groups -OCH3 is 2. The molecule has 0 bridgehead atoms. The third-order valence-electron chi connectivity index (χ3n) is 2.04. The lowest BCUT2D eigenvalue weighted by Crippen LogP contribution is -1.98. The molecule has 0 spiro atoms. The Labute approximate surface area is 88.2 Å². The molecule has 78 valence electrons. The lowest BCUT2D eigenvalue weighted by molar-refractivity contribution is 0.270. The van der Waals surface area contributed by atoms with Gasteiger partial charge in [-0.2, -0.15) is 0 Å². The number of ether oxygens (including phenoxy) is 2. The number of aliphatic hydroxyl groups is 1. The summed E-state index contributed by atoms with van der Waals surface area (Å²) < 4.78 is 10.2. The molecule has 0 heterocycles. The van der Waals surface area contributed by atoms with E-state index in [0.717, 1.165) is 5.56 Å². The van der Waals surface area contributed by atoms with Gasteiger partial charge < -0.3 is 14.6 Å². The Hall–Kier alpha value is -0.930. The van der Waals surface area contributed by atoms with E-state index in [1.807, 2.05) is 6.92 Å². The normalized spacial score (nSPS) is 10.1. The first-order valence-corrected chi connectivity index (χ1v) is 4.54. The van der Waals surface area contributed by atoms with Gasteiger partial charge in [0.15, 0.2) is 11.5 Å². The molecule has 0 aliphatic rings. The van der Waals surface area contributed by atoms with Gasteiger partial charge in [-0.3, -0.25) is 0 Å². The van der Waals surface area contributed by atoms with Crippen LogP contribution in [0.5, 0.6) is 11.5 Å². The van der Waals surface area contributed by atoms with Gasteiger partial charge in [0.1, 0.15) is 0 Å². The van der Waals surface area contributed by atoms with Crippen molar-refractivity contribution in [3.63, 3.8) is 0 Å². The highest BCUT2D eigenvalue weighted by Crippen LogP contribution is 2.38. The van der Waals surface area contributed by atoms with Gasteiger partial charge in [-0.05, 0) is 18.6 Å². The highest BCUT2D eigenvalue weighted by atomic mass is 35.5. The van der Waals surface area contributed by atoms with Crippen LogP contribution in [0.3, 0.4) is 0 Å². The molecule has 1 aromatic carbocycles. The SMILES string of the molecule is COc1cc(C)c(Cl)c(CO)c1OC. The molecule has 0 atom stereocenters. The first kappa shape index (κ1) is 11.1. The zero-order chi connectivity index (χ0) is 10.7. The van der Waals surface area contributed by atoms with Gasteiger partial charge in [-0.1, -0.05) is 11.6 Å². The van der Waals surface area contributed by atoms with Crippen molar-refractivity contribution in [3.05, 3.63) is 22.2 Å². The third kappa shape index (κ3) is 1.79. The minimum atomic E-state index is -0.167. The fraction of sp³-hybridized carbons (Fsp3) is 0.400. The predicted molar refractivity (Wildman–Crippen MR) is 55.2 cm³/mol. The van der Waals surface area contributed by atoms with Crippen LogP contribution in [0.1, 0.15) is 11.1 Å². The summed E-state index contributed by atoms with van der Waals surface area (Å²) in [5.74, 6) is 1.07. The summed E-state index contributed by atoms with van der Waals surface area (Å²) >= 11 is 6.01. The van der Waals surface area contributed by atoms with Gasteiger partial charge in [-0.15, -0.1) is 0 Å². The fourth-order valence-electron chi connectivity index (χ4n) is 1.33. The lowest BCUT2D eigenvalue weighted by atomic mass is 10.1. The second kappa shape index (κ2) is 4.53. The average molecular weight is 217 g/mol. The third-order valence-corrected chi connectivity index (χ3v) is 2.57. The van der Waals surface area contributed by atoms with Gasteiger partial charge >= 0.3 is 0 Å². The molecule has 1 rings (SSSR count). The first-order valence-electron chi connectivity index (χ1n) is 4.16. The van der Waals surface area contributed by atoms with Crippen LogP contribution >= 0.6 is 11.6 Å². The van der Waals surface area contributed by atoms with E-state index in [0.29, 0.717) is 22.1 Å². The molecule has 0 amide bonds. The quantitative estimate of drug-likeness (QED) is 0.842. The molecular weight excluding hydrogens is 204 g/mol. The molecule has 4 heteroatoms. The molecule has 0 fully saturated rings. The molecule has 0 aliphatic heterocycles. The average Bonchev–Trinajstić information content (AvgIpc) is 2.20. The van der Waals surface area contributed by atoms with Crippen LogP contribution in [0, 0.1) is 6.92 Å². The van der Waals surface area contributed by atoms with Crippen LogP contribution in [-0.4, -0.2) is 19.3 Å². The molecule has 0 radical (unpaired) electrons. The number of aryl methyl sites for hydroxylation is 1. The van der Waals surface area contributed by atoms with E-state index in [1.165, 1.54) is 7.11 Å². The van der Waals surface area contributed by atoms with E-state index in [-0.39, 0.29) is 6.61 Å². The number of rotatable bonds is 3. The minimum absolute atomic E-state index is 0.167. The van der Waals surface area contributed by atoms with E-state index in [9.17, 15) is 0 Å². The van der Waals surface area contributed by atoms with Gasteiger partial charge in [0.05, 0.1) is 25.8 Å². The molecule has 1 N–H and O–H groups in total. The summed E-state index contributed by atoms with van der Waals surface area (Å²) in [4.78, 5) is 0. The molecule has 0 unspecified atom stereocenters. The number of hydrogen-bond acceptors (Lipinski definition) is 3. The molecule has 0 saturated heterocycles. The van der Waals surface area contributed by atoms with Crippen molar-refractivity contribution >= 4 is 11.6 Å². The first-order chi connectivity index (χ1) is 6.65. The smallest absolute Gasteiger partial charge is 0.167 e. The Kier molecular flexibility index (Phi) is 3.61. The topological polar surface area (TPSA) is 38.7 Å². The molecule has 14 heavy (non-hydrogen) atoms. The molecule has 3 nitrogen and oxygen atoms in total. The Morgan fingerprint density at radius 3 is 2.43 bits per heavy atom. The molecule has 0 aromatic heterocycles. The van der Waals surface area contributed by atoms with Crippen LogP contribution < -0.4 is 9.47 Å². The molecule has 1 aromatic rings. The number of halogens is 1. The van der Waals surface area contributed by atoms with Crippen molar-refractivity contribution in [2.24, 2.45) is 0 Å².